The van der Waals surface area contributed by atoms with E-state index < -0.39 is 0 Å². The summed E-state index contributed by atoms with van der Waals surface area (Å²) in [5, 5.41) is 0. The van der Waals surface area contributed by atoms with Crippen LogP contribution >= 0.6 is 11.8 Å². The van der Waals surface area contributed by atoms with Gasteiger partial charge in [0.25, 0.3) is 0 Å². The number of anilines is 1. The van der Waals surface area contributed by atoms with E-state index in [-0.39, 0.29) is 11.7 Å². The van der Waals surface area contributed by atoms with E-state index in [9.17, 15) is 4.79 Å². The van der Waals surface area contributed by atoms with Gasteiger partial charge in [-0.3, -0.25) is 4.57 Å². The van der Waals surface area contributed by atoms with Gasteiger partial charge in [0.15, 0.2) is 0 Å². The molecule has 1 saturated heterocycles. The Morgan fingerprint density at radius 2 is 2.11 bits per heavy atom. The minimum atomic E-state index is -0.221. The standard InChI is InChI=1S/C14H23N3OS/c1-9-5-7-19-8-10(2)13(11(9)3)17-6-4-12(15)16-14(17)18/h4,6,9-11,13H,5,7-8H2,1-3H3,(H2,15,16,18). The van der Waals surface area contributed by atoms with Crippen LogP contribution in [0.3, 0.4) is 0 Å². The molecule has 0 bridgehead atoms. The first-order valence-electron chi connectivity index (χ1n) is 6.93. The van der Waals surface area contributed by atoms with Crippen molar-refractivity contribution in [1.29, 1.82) is 0 Å². The van der Waals surface area contributed by atoms with Crippen LogP contribution in [-0.2, 0) is 0 Å². The molecule has 0 radical (unpaired) electrons. The Bertz CT molecular complexity index is 488. The molecule has 0 amide bonds. The van der Waals surface area contributed by atoms with Crippen molar-refractivity contribution in [3.8, 4) is 0 Å². The second-order valence-corrected chi connectivity index (χ2v) is 6.86. The van der Waals surface area contributed by atoms with Crippen molar-refractivity contribution in [3.05, 3.63) is 22.7 Å². The van der Waals surface area contributed by atoms with Crippen molar-refractivity contribution in [2.24, 2.45) is 17.8 Å². The van der Waals surface area contributed by atoms with Gasteiger partial charge in [0, 0.05) is 12.2 Å². The number of hydrogen-bond acceptors (Lipinski definition) is 4. The maximum atomic E-state index is 12.1. The maximum Gasteiger partial charge on any atom is 0.349 e. The molecule has 0 aromatic carbocycles. The van der Waals surface area contributed by atoms with Gasteiger partial charge in [-0.05, 0) is 41.7 Å². The van der Waals surface area contributed by atoms with Gasteiger partial charge in [-0.25, -0.2) is 4.79 Å². The second-order valence-electron chi connectivity index (χ2n) is 5.71. The maximum absolute atomic E-state index is 12.1. The molecule has 19 heavy (non-hydrogen) atoms. The Morgan fingerprint density at radius 1 is 1.37 bits per heavy atom. The highest BCUT2D eigenvalue weighted by Gasteiger charge is 2.31. The van der Waals surface area contributed by atoms with Gasteiger partial charge in [-0.1, -0.05) is 20.8 Å². The second kappa shape index (κ2) is 5.99. The number of thioether (sulfide) groups is 1. The van der Waals surface area contributed by atoms with Gasteiger partial charge in [0.05, 0.1) is 0 Å². The quantitative estimate of drug-likeness (QED) is 0.858. The van der Waals surface area contributed by atoms with E-state index in [0.717, 1.165) is 5.75 Å². The fourth-order valence-corrected chi connectivity index (χ4v) is 4.21. The molecule has 1 aromatic heterocycles. The lowest BCUT2D eigenvalue weighted by Gasteiger charge is -2.36. The summed E-state index contributed by atoms with van der Waals surface area (Å²) in [6.45, 7) is 6.77. The van der Waals surface area contributed by atoms with Crippen molar-refractivity contribution in [2.75, 3.05) is 17.2 Å². The molecule has 1 aliphatic rings. The average Bonchev–Trinajstić information content (AvgIpc) is 2.36. The Hall–Kier alpha value is -0.970. The molecule has 4 atom stereocenters. The van der Waals surface area contributed by atoms with Gasteiger partial charge in [-0.2, -0.15) is 16.7 Å². The minimum Gasteiger partial charge on any atom is -0.383 e. The molecule has 0 spiro atoms. The van der Waals surface area contributed by atoms with Crippen molar-refractivity contribution in [2.45, 2.75) is 33.2 Å². The first kappa shape index (κ1) is 14.4. The molecular formula is C14H23N3OS. The van der Waals surface area contributed by atoms with Gasteiger partial charge in [0.1, 0.15) is 5.82 Å². The number of rotatable bonds is 1. The fraction of sp³-hybridized carbons (Fsp3) is 0.714. The lowest BCUT2D eigenvalue weighted by Crippen LogP contribution is -2.37. The van der Waals surface area contributed by atoms with E-state index in [1.54, 1.807) is 16.8 Å². The molecule has 1 fully saturated rings. The van der Waals surface area contributed by atoms with Gasteiger partial charge < -0.3 is 5.73 Å². The first-order valence-corrected chi connectivity index (χ1v) is 8.08. The zero-order valence-corrected chi connectivity index (χ0v) is 12.7. The third-order valence-corrected chi connectivity index (χ3v) is 5.58. The highest BCUT2D eigenvalue weighted by molar-refractivity contribution is 7.99. The van der Waals surface area contributed by atoms with Crippen molar-refractivity contribution in [1.82, 2.24) is 9.55 Å². The molecule has 4 unspecified atom stereocenters. The highest BCUT2D eigenvalue weighted by Crippen LogP contribution is 2.37. The molecule has 1 aromatic rings. The van der Waals surface area contributed by atoms with Gasteiger partial charge >= 0.3 is 5.69 Å². The molecule has 0 aliphatic carbocycles. The number of nitrogens with zero attached hydrogens (tertiary/aromatic N) is 2. The zero-order chi connectivity index (χ0) is 14.0. The summed E-state index contributed by atoms with van der Waals surface area (Å²) in [5.74, 6) is 4.17. The van der Waals surface area contributed by atoms with Gasteiger partial charge in [0.2, 0.25) is 0 Å². The predicted octanol–water partition coefficient (Wildman–Crippen LogP) is 2.41. The van der Waals surface area contributed by atoms with Crippen LogP contribution in [0.4, 0.5) is 5.82 Å². The van der Waals surface area contributed by atoms with Crippen molar-refractivity contribution < 1.29 is 0 Å². The summed E-state index contributed by atoms with van der Waals surface area (Å²) < 4.78 is 1.79. The largest absolute Gasteiger partial charge is 0.383 e. The topological polar surface area (TPSA) is 60.9 Å². The number of hydrogen-bond donors (Lipinski definition) is 1. The molecule has 5 heteroatoms. The molecular weight excluding hydrogens is 258 g/mol. The number of aromatic nitrogens is 2. The average molecular weight is 281 g/mol. The first-order chi connectivity index (χ1) is 9.00. The fourth-order valence-electron chi connectivity index (χ4n) is 2.94. The summed E-state index contributed by atoms with van der Waals surface area (Å²) in [6, 6.07) is 1.93. The normalized spacial score (nSPS) is 32.6. The summed E-state index contributed by atoms with van der Waals surface area (Å²) in [7, 11) is 0. The van der Waals surface area contributed by atoms with E-state index in [0.29, 0.717) is 23.6 Å². The monoisotopic (exact) mass is 281 g/mol. The molecule has 0 saturated carbocycles. The SMILES string of the molecule is CC1CCSCC(C)C(n2ccc(N)nc2=O)C1C. The Labute approximate surface area is 118 Å². The Balaban J connectivity index is 2.39. The molecule has 1 aliphatic heterocycles. The number of nitrogen functional groups attached to an aromatic ring is 1. The molecule has 106 valence electrons. The summed E-state index contributed by atoms with van der Waals surface area (Å²) >= 11 is 1.99. The number of nitrogens with two attached hydrogens (primary N) is 1. The van der Waals surface area contributed by atoms with Gasteiger partial charge in [-0.15, -0.1) is 0 Å². The van der Waals surface area contributed by atoms with Crippen LogP contribution in [-0.4, -0.2) is 21.1 Å². The minimum absolute atomic E-state index is 0.211. The predicted molar refractivity (Wildman–Crippen MR) is 81.4 cm³/mol. The Kier molecular flexibility index (Phi) is 4.55. The third-order valence-electron chi connectivity index (χ3n) is 4.29. The summed E-state index contributed by atoms with van der Waals surface area (Å²) in [4.78, 5) is 16.0. The summed E-state index contributed by atoms with van der Waals surface area (Å²) in [5.41, 5.74) is 5.36. The van der Waals surface area contributed by atoms with Crippen LogP contribution in [0, 0.1) is 17.8 Å². The van der Waals surface area contributed by atoms with Crippen LogP contribution in [0.5, 0.6) is 0 Å². The zero-order valence-electron chi connectivity index (χ0n) is 11.9. The molecule has 4 nitrogen and oxygen atoms in total. The van der Waals surface area contributed by atoms with Crippen molar-refractivity contribution >= 4 is 17.6 Å². The Morgan fingerprint density at radius 3 is 2.79 bits per heavy atom. The van der Waals surface area contributed by atoms with E-state index in [1.165, 1.54) is 12.2 Å². The van der Waals surface area contributed by atoms with Crippen LogP contribution in [0.15, 0.2) is 17.1 Å². The van der Waals surface area contributed by atoms with E-state index >= 15 is 0 Å². The lowest BCUT2D eigenvalue weighted by atomic mass is 9.81. The summed E-state index contributed by atoms with van der Waals surface area (Å²) in [6.07, 6.45) is 3.02. The third kappa shape index (κ3) is 3.14. The van der Waals surface area contributed by atoms with Crippen LogP contribution < -0.4 is 11.4 Å². The molecule has 2 rings (SSSR count). The molecule has 2 N–H and O–H groups in total. The smallest absolute Gasteiger partial charge is 0.349 e. The molecule has 2 heterocycles. The van der Waals surface area contributed by atoms with E-state index in [2.05, 4.69) is 25.8 Å². The van der Waals surface area contributed by atoms with Crippen LogP contribution in [0.2, 0.25) is 0 Å². The van der Waals surface area contributed by atoms with E-state index in [4.69, 9.17) is 5.73 Å². The highest BCUT2D eigenvalue weighted by atomic mass is 32.2. The van der Waals surface area contributed by atoms with Crippen molar-refractivity contribution in [3.63, 3.8) is 0 Å². The van der Waals surface area contributed by atoms with E-state index in [1.807, 2.05) is 11.8 Å². The lowest BCUT2D eigenvalue weighted by molar-refractivity contribution is 0.198. The van der Waals surface area contributed by atoms with Crippen LogP contribution in [0.25, 0.3) is 0 Å². The van der Waals surface area contributed by atoms with Crippen LogP contribution in [0.1, 0.15) is 33.2 Å².